The highest BCUT2D eigenvalue weighted by Crippen LogP contribution is 2.28. The molecule has 1 saturated heterocycles. The van der Waals surface area contributed by atoms with E-state index in [1.165, 1.54) is 18.0 Å². The average molecular weight is 357 g/mol. The van der Waals surface area contributed by atoms with Crippen molar-refractivity contribution in [2.45, 2.75) is 37.6 Å². The molecule has 0 aliphatic carbocycles. The van der Waals surface area contributed by atoms with Crippen LogP contribution in [-0.2, 0) is 19.1 Å². The molecular formula is C14H19N3O8. The molecule has 2 amide bonds. The van der Waals surface area contributed by atoms with Gasteiger partial charge >= 0.3 is 5.97 Å². The fourth-order valence-corrected chi connectivity index (χ4v) is 2.52. The molecule has 0 radical (unpaired) electrons. The van der Waals surface area contributed by atoms with Gasteiger partial charge in [0.05, 0.1) is 12.2 Å². The fourth-order valence-electron chi connectivity index (χ4n) is 2.52. The lowest BCUT2D eigenvalue weighted by Crippen LogP contribution is -2.59. The van der Waals surface area contributed by atoms with E-state index in [0.29, 0.717) is 0 Å². The summed E-state index contributed by atoms with van der Waals surface area (Å²) in [6, 6.07) is 0. The zero-order chi connectivity index (χ0) is 18.7. The third-order valence-electron chi connectivity index (χ3n) is 3.69. The van der Waals surface area contributed by atoms with E-state index in [2.05, 4.69) is 10.6 Å². The van der Waals surface area contributed by atoms with Gasteiger partial charge in [0.2, 0.25) is 5.91 Å². The summed E-state index contributed by atoms with van der Waals surface area (Å²) >= 11 is 0. The predicted molar refractivity (Wildman–Crippen MR) is 80.2 cm³/mol. The Morgan fingerprint density at radius 1 is 1.40 bits per heavy atom. The van der Waals surface area contributed by atoms with E-state index < -0.39 is 55.1 Å². The fraction of sp³-hybridized carbons (Fsp3) is 0.500. The molecule has 2 aliphatic rings. The predicted octanol–water partition coefficient (Wildman–Crippen LogP) is -3.20. The highest BCUT2D eigenvalue weighted by atomic mass is 16.6. The normalized spacial score (nSPS) is 32.5. The topological polar surface area (TPSA) is 169 Å². The molecule has 1 fully saturated rings. The molecule has 5 unspecified atom stereocenters. The molecule has 2 heterocycles. The summed E-state index contributed by atoms with van der Waals surface area (Å²) in [4.78, 5) is 35.4. The zero-order valence-corrected chi connectivity index (χ0v) is 13.2. The number of carboxylic acids is 1. The van der Waals surface area contributed by atoms with Gasteiger partial charge in [-0.3, -0.25) is 9.59 Å². The smallest absolute Gasteiger partial charge is 0.329 e. The summed E-state index contributed by atoms with van der Waals surface area (Å²) in [6.07, 6.45) is -3.10. The van der Waals surface area contributed by atoms with Crippen LogP contribution >= 0.6 is 0 Å². The van der Waals surface area contributed by atoms with Gasteiger partial charge in [-0.1, -0.05) is 0 Å². The number of nitrogens with one attached hydrogen (secondary N) is 2. The minimum Gasteiger partial charge on any atom is -0.478 e. The van der Waals surface area contributed by atoms with Crippen LogP contribution in [0.25, 0.3) is 0 Å². The van der Waals surface area contributed by atoms with Crippen LogP contribution in [0.1, 0.15) is 6.92 Å². The van der Waals surface area contributed by atoms with Crippen LogP contribution in [0.4, 0.5) is 0 Å². The first-order valence-corrected chi connectivity index (χ1v) is 7.35. The minimum atomic E-state index is -1.46. The van der Waals surface area contributed by atoms with Gasteiger partial charge in [0, 0.05) is 25.4 Å². The number of rotatable bonds is 5. The Morgan fingerprint density at radius 2 is 2.08 bits per heavy atom. The van der Waals surface area contributed by atoms with Crippen LogP contribution in [-0.4, -0.2) is 80.4 Å². The van der Waals surface area contributed by atoms with Crippen molar-refractivity contribution in [3.63, 3.8) is 0 Å². The molecule has 0 aromatic heterocycles. The molecule has 5 atom stereocenters. The minimum absolute atomic E-state index is 0.0980. The Labute approximate surface area is 142 Å². The van der Waals surface area contributed by atoms with E-state index >= 15 is 0 Å². The number of hydrogen-bond donors (Lipinski definition) is 6. The summed E-state index contributed by atoms with van der Waals surface area (Å²) in [7, 11) is 0. The number of carbonyl (C=O) groups is 3. The van der Waals surface area contributed by atoms with Crippen LogP contribution in [0, 0.1) is 0 Å². The molecule has 138 valence electrons. The largest absolute Gasteiger partial charge is 0.478 e. The number of aliphatic carboxylic acids is 1. The first-order valence-electron chi connectivity index (χ1n) is 7.35. The summed E-state index contributed by atoms with van der Waals surface area (Å²) in [6.45, 7) is 0.664. The quantitative estimate of drug-likeness (QED) is 0.277. The zero-order valence-electron chi connectivity index (χ0n) is 13.2. The standard InChI is InChI=1S/C14H19N3O8/c1-6(19)15-14-16-13(24)7(4-17(14)3-2-9(20)21)12-11(23)10(22)8(5-18)25-12/h2-4,8,10-12,14,18,22-23H,5H2,1H3,(H,15,19)(H,16,24)(H,20,21)/b3-2+. The molecule has 2 rings (SSSR count). The molecule has 11 nitrogen and oxygen atoms in total. The van der Waals surface area contributed by atoms with Gasteiger partial charge in [0.1, 0.15) is 24.4 Å². The number of nitrogens with zero attached hydrogens (tertiary/aromatic N) is 1. The molecular weight excluding hydrogens is 338 g/mol. The Bertz CT molecular complexity index is 619. The number of ether oxygens (including phenoxy) is 1. The van der Waals surface area contributed by atoms with Gasteiger partial charge in [-0.25, -0.2) is 4.79 Å². The highest BCUT2D eigenvalue weighted by Gasteiger charge is 2.47. The van der Waals surface area contributed by atoms with Crippen LogP contribution in [0.5, 0.6) is 0 Å². The van der Waals surface area contributed by atoms with E-state index in [0.717, 1.165) is 12.3 Å². The van der Waals surface area contributed by atoms with Crippen LogP contribution in [0.3, 0.4) is 0 Å². The number of aliphatic hydroxyl groups excluding tert-OH is 3. The third-order valence-corrected chi connectivity index (χ3v) is 3.69. The third kappa shape index (κ3) is 4.14. The lowest BCUT2D eigenvalue weighted by atomic mass is 10.0. The molecule has 0 aromatic carbocycles. The Hall–Kier alpha value is -2.47. The molecule has 0 saturated carbocycles. The number of carboxylic acid groups (broad SMARTS) is 1. The number of carbonyl (C=O) groups excluding carboxylic acids is 2. The summed E-state index contributed by atoms with van der Waals surface area (Å²) in [5.41, 5.74) is -0.0980. The second kappa shape index (κ2) is 7.61. The first kappa shape index (κ1) is 18.9. The van der Waals surface area contributed by atoms with Gasteiger partial charge in [-0.05, 0) is 0 Å². The highest BCUT2D eigenvalue weighted by molar-refractivity contribution is 5.96. The first-order chi connectivity index (χ1) is 11.7. The van der Waals surface area contributed by atoms with E-state index in [1.54, 1.807) is 0 Å². The van der Waals surface area contributed by atoms with Crippen molar-refractivity contribution in [1.82, 2.24) is 15.5 Å². The monoisotopic (exact) mass is 357 g/mol. The maximum absolute atomic E-state index is 12.3. The van der Waals surface area contributed by atoms with Crippen molar-refractivity contribution in [2.24, 2.45) is 0 Å². The molecule has 0 spiro atoms. The molecule has 0 aromatic rings. The van der Waals surface area contributed by atoms with E-state index in [4.69, 9.17) is 14.9 Å². The van der Waals surface area contributed by atoms with Gasteiger partial charge in [-0.15, -0.1) is 0 Å². The lowest BCUT2D eigenvalue weighted by molar-refractivity contribution is -0.131. The van der Waals surface area contributed by atoms with Crippen molar-refractivity contribution < 1.29 is 39.5 Å². The Kier molecular flexibility index (Phi) is 5.74. The molecule has 0 bridgehead atoms. The van der Waals surface area contributed by atoms with Crippen LogP contribution < -0.4 is 10.6 Å². The lowest BCUT2D eigenvalue weighted by Gasteiger charge is -2.35. The SMILES string of the molecule is CC(=O)NC1NC(=O)C(C2OC(CO)C(O)C2O)=CN1/C=C/C(=O)O. The van der Waals surface area contributed by atoms with Crippen molar-refractivity contribution in [3.8, 4) is 0 Å². The van der Waals surface area contributed by atoms with Gasteiger partial charge in [0.25, 0.3) is 5.91 Å². The summed E-state index contributed by atoms with van der Waals surface area (Å²) < 4.78 is 5.30. The second-order valence-corrected chi connectivity index (χ2v) is 5.52. The van der Waals surface area contributed by atoms with Crippen molar-refractivity contribution >= 4 is 17.8 Å². The average Bonchev–Trinajstić information content (AvgIpc) is 2.81. The molecule has 25 heavy (non-hydrogen) atoms. The maximum Gasteiger partial charge on any atom is 0.329 e. The van der Waals surface area contributed by atoms with Crippen LogP contribution in [0.2, 0.25) is 0 Å². The van der Waals surface area contributed by atoms with Crippen molar-refractivity contribution in [2.75, 3.05) is 6.61 Å². The number of hydrogen-bond acceptors (Lipinski definition) is 8. The Morgan fingerprint density at radius 3 is 2.60 bits per heavy atom. The van der Waals surface area contributed by atoms with Crippen molar-refractivity contribution in [1.29, 1.82) is 0 Å². The van der Waals surface area contributed by atoms with Crippen LogP contribution in [0.15, 0.2) is 24.0 Å². The number of aliphatic hydroxyl groups is 3. The van der Waals surface area contributed by atoms with Crippen molar-refractivity contribution in [3.05, 3.63) is 24.0 Å². The molecule has 2 aliphatic heterocycles. The number of amides is 2. The molecule has 6 N–H and O–H groups in total. The van der Waals surface area contributed by atoms with E-state index in [-0.39, 0.29) is 5.57 Å². The summed E-state index contributed by atoms with van der Waals surface area (Å²) in [5.74, 6) is -2.40. The Balaban J connectivity index is 2.31. The summed E-state index contributed by atoms with van der Waals surface area (Å²) in [5, 5.41) is 42.5. The van der Waals surface area contributed by atoms with E-state index in [9.17, 15) is 24.6 Å². The van der Waals surface area contributed by atoms with Gasteiger partial charge in [0.15, 0.2) is 6.29 Å². The van der Waals surface area contributed by atoms with Gasteiger partial charge < -0.3 is 40.7 Å². The molecule has 11 heteroatoms. The second-order valence-electron chi connectivity index (χ2n) is 5.52. The maximum atomic E-state index is 12.3. The van der Waals surface area contributed by atoms with E-state index in [1.807, 2.05) is 0 Å². The van der Waals surface area contributed by atoms with Gasteiger partial charge in [-0.2, -0.15) is 0 Å².